The fourth-order valence-electron chi connectivity index (χ4n) is 2.31. The minimum absolute atomic E-state index is 0. The third-order valence-corrected chi connectivity index (χ3v) is 3.79. The van der Waals surface area contributed by atoms with Crippen LogP contribution in [0.5, 0.6) is 0 Å². The molecule has 1 heterocycles. The first-order valence-electron chi connectivity index (χ1n) is 8.49. The zero-order valence-electron chi connectivity index (χ0n) is 16.4. The predicted octanol–water partition coefficient (Wildman–Crippen LogP) is 3.74. The number of benzene rings is 1. The summed E-state index contributed by atoms with van der Waals surface area (Å²) in [6.07, 6.45) is 1.75. The molecule has 0 saturated carbocycles. The number of nitrogens with zero attached hydrogens (tertiary/aromatic N) is 2. The molecule has 8 heteroatoms. The Morgan fingerprint density at radius 1 is 1.26 bits per heavy atom. The number of hydrogen-bond acceptors (Lipinski definition) is 4. The highest BCUT2D eigenvalue weighted by molar-refractivity contribution is 14.0. The van der Waals surface area contributed by atoms with Crippen molar-refractivity contribution in [1.82, 2.24) is 15.6 Å². The summed E-state index contributed by atoms with van der Waals surface area (Å²) in [6, 6.07) is 4.96. The third-order valence-electron chi connectivity index (χ3n) is 3.79. The van der Waals surface area contributed by atoms with Crippen LogP contribution in [0.25, 0.3) is 0 Å². The van der Waals surface area contributed by atoms with E-state index < -0.39 is 0 Å². The van der Waals surface area contributed by atoms with Crippen LogP contribution in [0.2, 0.25) is 0 Å². The van der Waals surface area contributed by atoms with Crippen LogP contribution < -0.4 is 10.6 Å². The zero-order valence-corrected chi connectivity index (χ0v) is 18.8. The van der Waals surface area contributed by atoms with Crippen molar-refractivity contribution in [3.63, 3.8) is 0 Å². The fraction of sp³-hybridized carbons (Fsp3) is 0.474. The van der Waals surface area contributed by atoms with Crippen LogP contribution in [-0.2, 0) is 29.8 Å². The van der Waals surface area contributed by atoms with Crippen molar-refractivity contribution in [2.45, 2.75) is 45.9 Å². The van der Waals surface area contributed by atoms with Crippen LogP contribution in [0.15, 0.2) is 33.8 Å². The summed E-state index contributed by atoms with van der Waals surface area (Å²) >= 11 is 0. The summed E-state index contributed by atoms with van der Waals surface area (Å²) in [7, 11) is 3.23. The Balaban J connectivity index is 0.00000364. The first-order chi connectivity index (χ1) is 12.3. The number of aliphatic imine (C=N–C) groups is 1. The van der Waals surface area contributed by atoms with Gasteiger partial charge in [0.15, 0.2) is 5.96 Å². The molecule has 0 unspecified atom stereocenters. The number of methoxy groups -OCH3 is 1. The van der Waals surface area contributed by atoms with E-state index in [0.29, 0.717) is 30.5 Å². The molecule has 0 atom stereocenters. The Morgan fingerprint density at radius 3 is 2.56 bits per heavy atom. The largest absolute Gasteiger partial charge is 0.443 e. The lowest BCUT2D eigenvalue weighted by Gasteiger charge is -2.13. The van der Waals surface area contributed by atoms with E-state index in [-0.39, 0.29) is 41.8 Å². The van der Waals surface area contributed by atoms with Crippen molar-refractivity contribution in [2.75, 3.05) is 14.2 Å². The molecule has 0 aliphatic carbocycles. The summed E-state index contributed by atoms with van der Waals surface area (Å²) < 4.78 is 24.4. The highest BCUT2D eigenvalue weighted by Crippen LogP contribution is 2.22. The second-order valence-corrected chi connectivity index (χ2v) is 7.01. The Bertz CT molecular complexity index is 756. The summed E-state index contributed by atoms with van der Waals surface area (Å²) in [5.41, 5.74) is 1.39. The second-order valence-electron chi connectivity index (χ2n) is 7.01. The van der Waals surface area contributed by atoms with Crippen molar-refractivity contribution in [1.29, 1.82) is 0 Å². The van der Waals surface area contributed by atoms with Gasteiger partial charge in [0.05, 0.1) is 19.3 Å². The Labute approximate surface area is 177 Å². The molecule has 27 heavy (non-hydrogen) atoms. The van der Waals surface area contributed by atoms with Gasteiger partial charge in [0.2, 0.25) is 5.89 Å². The molecule has 1 aromatic carbocycles. The van der Waals surface area contributed by atoms with Gasteiger partial charge in [-0.15, -0.1) is 24.0 Å². The van der Waals surface area contributed by atoms with Gasteiger partial charge in [-0.05, 0) is 17.7 Å². The molecule has 2 N–H and O–H groups in total. The third kappa shape index (κ3) is 7.10. The first kappa shape index (κ1) is 23.4. The van der Waals surface area contributed by atoms with Gasteiger partial charge in [-0.25, -0.2) is 9.37 Å². The zero-order chi connectivity index (χ0) is 19.2. The van der Waals surface area contributed by atoms with Crippen molar-refractivity contribution in [3.05, 3.63) is 53.0 Å². The van der Waals surface area contributed by atoms with Crippen molar-refractivity contribution in [3.8, 4) is 0 Å². The highest BCUT2D eigenvalue weighted by Gasteiger charge is 2.19. The van der Waals surface area contributed by atoms with Gasteiger partial charge in [-0.3, -0.25) is 4.99 Å². The van der Waals surface area contributed by atoms with E-state index in [0.717, 1.165) is 11.3 Å². The quantitative estimate of drug-likeness (QED) is 0.367. The predicted molar refractivity (Wildman–Crippen MR) is 115 cm³/mol. The average molecular weight is 490 g/mol. The van der Waals surface area contributed by atoms with Gasteiger partial charge in [0, 0.05) is 31.7 Å². The van der Waals surface area contributed by atoms with E-state index in [1.807, 2.05) is 0 Å². The standard InChI is InChI=1S/C19H27FN4O2.HI/c1-19(2,3)16-10-22-17(26-16)11-24-18(21-4)23-9-13-6-7-15(20)14(8-13)12-25-5;/h6-8,10H,9,11-12H2,1-5H3,(H2,21,23,24);1H. The minimum Gasteiger partial charge on any atom is -0.443 e. The normalized spacial score (nSPS) is 11.9. The summed E-state index contributed by atoms with van der Waals surface area (Å²) in [4.78, 5) is 8.46. The van der Waals surface area contributed by atoms with Gasteiger partial charge in [0.25, 0.3) is 0 Å². The van der Waals surface area contributed by atoms with Crippen LogP contribution in [0.4, 0.5) is 4.39 Å². The number of rotatable bonds is 6. The van der Waals surface area contributed by atoms with E-state index in [1.165, 1.54) is 6.07 Å². The molecule has 0 bridgehead atoms. The van der Waals surface area contributed by atoms with Crippen LogP contribution in [0.1, 0.15) is 43.5 Å². The number of aromatic nitrogens is 1. The van der Waals surface area contributed by atoms with Crippen molar-refractivity contribution >= 4 is 29.9 Å². The number of nitrogens with one attached hydrogen (secondary N) is 2. The van der Waals surface area contributed by atoms with Gasteiger partial charge in [-0.1, -0.05) is 26.8 Å². The average Bonchev–Trinajstić information content (AvgIpc) is 3.07. The molecule has 1 aromatic heterocycles. The van der Waals surface area contributed by atoms with Gasteiger partial charge in [-0.2, -0.15) is 0 Å². The lowest BCUT2D eigenvalue weighted by molar-refractivity contribution is 0.181. The maximum absolute atomic E-state index is 13.7. The molecule has 0 fully saturated rings. The van der Waals surface area contributed by atoms with Crippen LogP contribution in [0, 0.1) is 5.82 Å². The van der Waals surface area contributed by atoms with Gasteiger partial charge < -0.3 is 19.8 Å². The first-order valence-corrected chi connectivity index (χ1v) is 8.49. The lowest BCUT2D eigenvalue weighted by Crippen LogP contribution is -2.36. The Kier molecular flexibility index (Phi) is 9.17. The molecule has 0 aliphatic rings. The van der Waals surface area contributed by atoms with Gasteiger partial charge in [0.1, 0.15) is 11.6 Å². The molecule has 6 nitrogen and oxygen atoms in total. The van der Waals surface area contributed by atoms with Crippen molar-refractivity contribution < 1.29 is 13.5 Å². The lowest BCUT2D eigenvalue weighted by atomic mass is 9.94. The number of halogens is 2. The maximum Gasteiger partial charge on any atom is 0.213 e. The molecule has 0 radical (unpaired) electrons. The monoisotopic (exact) mass is 490 g/mol. The summed E-state index contributed by atoms with van der Waals surface area (Å²) in [5, 5.41) is 6.34. The molecule has 2 aromatic rings. The number of guanidine groups is 1. The Morgan fingerprint density at radius 2 is 1.96 bits per heavy atom. The molecular weight excluding hydrogens is 462 g/mol. The summed E-state index contributed by atoms with van der Waals surface area (Å²) in [6.45, 7) is 7.40. The maximum atomic E-state index is 13.7. The number of ether oxygens (including phenoxy) is 1. The van der Waals surface area contributed by atoms with E-state index in [2.05, 4.69) is 41.4 Å². The summed E-state index contributed by atoms with van der Waals surface area (Å²) in [5.74, 6) is 1.78. The van der Waals surface area contributed by atoms with Crippen molar-refractivity contribution in [2.24, 2.45) is 4.99 Å². The molecule has 0 spiro atoms. The molecule has 150 valence electrons. The highest BCUT2D eigenvalue weighted by atomic mass is 127. The molecule has 2 rings (SSSR count). The van der Waals surface area contributed by atoms with E-state index >= 15 is 0 Å². The van der Waals surface area contributed by atoms with Crippen LogP contribution in [0.3, 0.4) is 0 Å². The second kappa shape index (κ2) is 10.6. The van der Waals surface area contributed by atoms with Crippen LogP contribution in [-0.4, -0.2) is 25.1 Å². The Hall–Kier alpha value is -1.68. The topological polar surface area (TPSA) is 71.7 Å². The fourth-order valence-corrected chi connectivity index (χ4v) is 2.31. The van der Waals surface area contributed by atoms with Crippen LogP contribution >= 0.6 is 24.0 Å². The molecule has 0 saturated heterocycles. The van der Waals surface area contributed by atoms with E-state index in [9.17, 15) is 4.39 Å². The number of hydrogen-bond donors (Lipinski definition) is 2. The molecule has 0 amide bonds. The molecule has 0 aliphatic heterocycles. The minimum atomic E-state index is -0.267. The smallest absolute Gasteiger partial charge is 0.213 e. The van der Waals surface area contributed by atoms with E-state index in [4.69, 9.17) is 9.15 Å². The SMILES string of the molecule is CN=C(NCc1ccc(F)c(COC)c1)NCc1ncc(C(C)(C)C)o1.I. The number of oxazole rings is 1. The molecular formula is C19H28FIN4O2. The van der Waals surface area contributed by atoms with E-state index in [1.54, 1.807) is 32.5 Å². The van der Waals surface area contributed by atoms with Gasteiger partial charge >= 0.3 is 0 Å².